The second-order valence-electron chi connectivity index (χ2n) is 6.39. The zero-order chi connectivity index (χ0) is 20.2. The Bertz CT molecular complexity index is 700. The Morgan fingerprint density at radius 1 is 1.00 bits per heavy atom. The molecule has 0 saturated heterocycles. The Morgan fingerprint density at radius 2 is 1.64 bits per heavy atom. The predicted octanol–water partition coefficient (Wildman–Crippen LogP) is 2.58. The second kappa shape index (κ2) is 12.2. The standard InChI is InChI=1S/C20H29N3O5/c1-4-25-11-12-27-14-13-26-10-9-23-15-19(21-22-23)17-5-7-18(8-6-17)28-20(24)16(2)3/h5-8,15-16H,4,9-14H2,1-3H3. The van der Waals surface area contributed by atoms with Gasteiger partial charge in [0.25, 0.3) is 0 Å². The molecule has 1 heterocycles. The molecule has 0 unspecified atom stereocenters. The molecule has 8 nitrogen and oxygen atoms in total. The Morgan fingerprint density at radius 3 is 2.29 bits per heavy atom. The van der Waals surface area contributed by atoms with Gasteiger partial charge in [-0.25, -0.2) is 4.68 Å². The van der Waals surface area contributed by atoms with E-state index in [4.69, 9.17) is 18.9 Å². The zero-order valence-electron chi connectivity index (χ0n) is 16.8. The van der Waals surface area contributed by atoms with E-state index in [1.165, 1.54) is 0 Å². The molecule has 154 valence electrons. The maximum Gasteiger partial charge on any atom is 0.313 e. The molecule has 8 heteroatoms. The van der Waals surface area contributed by atoms with Gasteiger partial charge in [-0.2, -0.15) is 0 Å². The maximum atomic E-state index is 11.6. The number of benzene rings is 1. The van der Waals surface area contributed by atoms with E-state index in [9.17, 15) is 4.79 Å². The first-order chi connectivity index (χ1) is 13.6. The van der Waals surface area contributed by atoms with E-state index >= 15 is 0 Å². The fraction of sp³-hybridized carbons (Fsp3) is 0.550. The molecule has 2 rings (SSSR count). The molecule has 0 aliphatic heterocycles. The van der Waals surface area contributed by atoms with Crippen molar-refractivity contribution in [3.05, 3.63) is 30.5 Å². The fourth-order valence-electron chi connectivity index (χ4n) is 2.21. The number of rotatable bonds is 13. The van der Waals surface area contributed by atoms with Crippen molar-refractivity contribution in [2.24, 2.45) is 5.92 Å². The van der Waals surface area contributed by atoms with E-state index in [1.807, 2.05) is 25.3 Å². The van der Waals surface area contributed by atoms with Crippen LogP contribution in [0.15, 0.2) is 30.5 Å². The van der Waals surface area contributed by atoms with Crippen LogP contribution in [0.3, 0.4) is 0 Å². The molecule has 0 fully saturated rings. The molecule has 0 aliphatic rings. The van der Waals surface area contributed by atoms with Crippen LogP contribution in [-0.4, -0.2) is 60.6 Å². The highest BCUT2D eigenvalue weighted by Crippen LogP contribution is 2.20. The number of esters is 1. The largest absolute Gasteiger partial charge is 0.426 e. The number of carbonyl (C=O) groups is 1. The smallest absolute Gasteiger partial charge is 0.313 e. The van der Waals surface area contributed by atoms with Crippen LogP contribution < -0.4 is 4.74 Å². The molecule has 0 saturated carbocycles. The van der Waals surface area contributed by atoms with Crippen molar-refractivity contribution in [2.75, 3.05) is 39.6 Å². The molecule has 0 aliphatic carbocycles. The first kappa shape index (κ1) is 22.0. The summed E-state index contributed by atoms with van der Waals surface area (Å²) < 4.78 is 23.1. The van der Waals surface area contributed by atoms with Gasteiger partial charge in [0.1, 0.15) is 11.4 Å². The van der Waals surface area contributed by atoms with E-state index in [1.54, 1.807) is 30.7 Å². The highest BCUT2D eigenvalue weighted by atomic mass is 16.5. The van der Waals surface area contributed by atoms with Crippen molar-refractivity contribution < 1.29 is 23.7 Å². The lowest BCUT2D eigenvalue weighted by Crippen LogP contribution is -2.14. The third-order valence-corrected chi connectivity index (χ3v) is 3.79. The summed E-state index contributed by atoms with van der Waals surface area (Å²) in [6, 6.07) is 7.22. The molecule has 0 atom stereocenters. The van der Waals surface area contributed by atoms with Crippen molar-refractivity contribution in [1.29, 1.82) is 0 Å². The molecular formula is C20H29N3O5. The molecule has 0 bridgehead atoms. The molecule has 0 spiro atoms. The lowest BCUT2D eigenvalue weighted by atomic mass is 10.1. The van der Waals surface area contributed by atoms with E-state index < -0.39 is 0 Å². The van der Waals surface area contributed by atoms with Gasteiger partial charge in [-0.1, -0.05) is 19.1 Å². The molecule has 0 amide bonds. The summed E-state index contributed by atoms with van der Waals surface area (Å²) in [4.78, 5) is 11.6. The Labute approximate surface area is 165 Å². The van der Waals surface area contributed by atoms with Gasteiger partial charge in [0.15, 0.2) is 0 Å². The quantitative estimate of drug-likeness (QED) is 0.295. The molecule has 28 heavy (non-hydrogen) atoms. The number of hydrogen-bond donors (Lipinski definition) is 0. The summed E-state index contributed by atoms with van der Waals surface area (Å²) in [5.74, 6) is 0.105. The van der Waals surface area contributed by atoms with Crippen LogP contribution in [0.2, 0.25) is 0 Å². The van der Waals surface area contributed by atoms with Gasteiger partial charge in [-0.15, -0.1) is 5.10 Å². The molecule has 2 aromatic rings. The second-order valence-corrected chi connectivity index (χ2v) is 6.39. The molecule has 0 radical (unpaired) electrons. The van der Waals surface area contributed by atoms with Gasteiger partial charge in [-0.3, -0.25) is 4.79 Å². The number of hydrogen-bond acceptors (Lipinski definition) is 7. The van der Waals surface area contributed by atoms with Gasteiger partial charge in [0.05, 0.1) is 51.7 Å². The van der Waals surface area contributed by atoms with Crippen molar-refractivity contribution >= 4 is 5.97 Å². The average Bonchev–Trinajstić information content (AvgIpc) is 3.16. The third kappa shape index (κ3) is 7.75. The zero-order valence-corrected chi connectivity index (χ0v) is 16.8. The molecular weight excluding hydrogens is 362 g/mol. The Kier molecular flexibility index (Phi) is 9.61. The van der Waals surface area contributed by atoms with E-state index in [0.717, 1.165) is 11.3 Å². The van der Waals surface area contributed by atoms with Crippen LogP contribution in [0.4, 0.5) is 0 Å². The van der Waals surface area contributed by atoms with Crippen LogP contribution in [0.1, 0.15) is 20.8 Å². The first-order valence-electron chi connectivity index (χ1n) is 9.55. The van der Waals surface area contributed by atoms with E-state index in [2.05, 4.69) is 10.3 Å². The number of ether oxygens (including phenoxy) is 4. The van der Waals surface area contributed by atoms with Crippen molar-refractivity contribution in [3.63, 3.8) is 0 Å². The van der Waals surface area contributed by atoms with Crippen molar-refractivity contribution in [1.82, 2.24) is 15.0 Å². The minimum Gasteiger partial charge on any atom is -0.426 e. The van der Waals surface area contributed by atoms with E-state index in [0.29, 0.717) is 51.9 Å². The Hall–Kier alpha value is -2.29. The van der Waals surface area contributed by atoms with Gasteiger partial charge in [-0.05, 0) is 31.2 Å². The normalized spacial score (nSPS) is 11.1. The van der Waals surface area contributed by atoms with Crippen LogP contribution >= 0.6 is 0 Å². The summed E-state index contributed by atoms with van der Waals surface area (Å²) in [5, 5.41) is 8.28. The van der Waals surface area contributed by atoms with Crippen molar-refractivity contribution in [2.45, 2.75) is 27.3 Å². The lowest BCUT2D eigenvalue weighted by molar-refractivity contribution is -0.137. The number of nitrogens with zero attached hydrogens (tertiary/aromatic N) is 3. The van der Waals surface area contributed by atoms with Crippen molar-refractivity contribution in [3.8, 4) is 17.0 Å². The van der Waals surface area contributed by atoms with Gasteiger partial charge in [0.2, 0.25) is 0 Å². The van der Waals surface area contributed by atoms with Crippen LogP contribution in [0, 0.1) is 5.92 Å². The minimum atomic E-state index is -0.251. The summed E-state index contributed by atoms with van der Waals surface area (Å²) in [7, 11) is 0. The van der Waals surface area contributed by atoms with Gasteiger partial charge in [0, 0.05) is 12.2 Å². The average molecular weight is 391 g/mol. The SMILES string of the molecule is CCOCCOCCOCCn1cc(-c2ccc(OC(=O)C(C)C)cc2)nn1. The highest BCUT2D eigenvalue weighted by Gasteiger charge is 2.10. The van der Waals surface area contributed by atoms with Crippen LogP contribution in [-0.2, 0) is 25.5 Å². The lowest BCUT2D eigenvalue weighted by Gasteiger charge is -2.06. The van der Waals surface area contributed by atoms with Crippen LogP contribution in [0.25, 0.3) is 11.3 Å². The summed E-state index contributed by atoms with van der Waals surface area (Å²) in [5.41, 5.74) is 1.65. The fourth-order valence-corrected chi connectivity index (χ4v) is 2.21. The summed E-state index contributed by atoms with van der Waals surface area (Å²) in [6.07, 6.45) is 1.86. The first-order valence-corrected chi connectivity index (χ1v) is 9.55. The number of carbonyl (C=O) groups excluding carboxylic acids is 1. The maximum absolute atomic E-state index is 11.6. The topological polar surface area (TPSA) is 84.7 Å². The van der Waals surface area contributed by atoms with Gasteiger partial charge >= 0.3 is 5.97 Å². The minimum absolute atomic E-state index is 0.163. The summed E-state index contributed by atoms with van der Waals surface area (Å²) >= 11 is 0. The van der Waals surface area contributed by atoms with E-state index in [-0.39, 0.29) is 11.9 Å². The number of aromatic nitrogens is 3. The van der Waals surface area contributed by atoms with Crippen LogP contribution in [0.5, 0.6) is 5.75 Å². The molecule has 1 aromatic carbocycles. The summed E-state index contributed by atoms with van der Waals surface area (Å²) in [6.45, 7) is 9.67. The molecule has 1 aromatic heterocycles. The monoisotopic (exact) mass is 391 g/mol. The third-order valence-electron chi connectivity index (χ3n) is 3.79. The highest BCUT2D eigenvalue weighted by molar-refractivity contribution is 5.74. The molecule has 0 N–H and O–H groups in total. The Balaban J connectivity index is 1.69. The predicted molar refractivity (Wildman–Crippen MR) is 104 cm³/mol. The van der Waals surface area contributed by atoms with Gasteiger partial charge < -0.3 is 18.9 Å².